The van der Waals surface area contributed by atoms with Gasteiger partial charge < -0.3 is 19.6 Å². The van der Waals surface area contributed by atoms with Crippen molar-refractivity contribution in [3.05, 3.63) is 76.2 Å². The van der Waals surface area contributed by atoms with Gasteiger partial charge in [-0.15, -0.1) is 0 Å². The van der Waals surface area contributed by atoms with Gasteiger partial charge >= 0.3 is 0 Å². The van der Waals surface area contributed by atoms with E-state index in [0.717, 1.165) is 98.2 Å². The summed E-state index contributed by atoms with van der Waals surface area (Å²) in [6, 6.07) is 8.00. The third-order valence-electron chi connectivity index (χ3n) is 14.2. The normalized spacial score (nSPS) is 21.2. The third kappa shape index (κ3) is 7.53. The molecule has 10 rings (SSSR count). The van der Waals surface area contributed by atoms with Crippen molar-refractivity contribution in [3.8, 4) is 11.1 Å². The van der Waals surface area contributed by atoms with E-state index in [1.165, 1.54) is 0 Å². The lowest BCUT2D eigenvalue weighted by Crippen LogP contribution is -2.54. The molecule has 2 aromatic heterocycles. The third-order valence-corrected chi connectivity index (χ3v) is 14.2. The summed E-state index contributed by atoms with van der Waals surface area (Å²) in [5.74, 6) is -1.24. The fourth-order valence-electron chi connectivity index (χ4n) is 10.7. The molecule has 16 nitrogen and oxygen atoms in total. The lowest BCUT2D eigenvalue weighted by atomic mass is 9.92. The van der Waals surface area contributed by atoms with Gasteiger partial charge in [-0.1, -0.05) is 6.07 Å². The number of aryl methyl sites for hydroxylation is 2. The van der Waals surface area contributed by atoms with E-state index in [1.54, 1.807) is 49.2 Å². The molecule has 336 valence electrons. The van der Waals surface area contributed by atoms with Crippen LogP contribution >= 0.6 is 0 Å². The van der Waals surface area contributed by atoms with Crippen LogP contribution < -0.4 is 15.1 Å². The standard InChI is InChI=1S/C46H53F2N11O5/c1-28(60)56-16-12-36-35(27-56)43(57-13-4-5-29-23-33(30-25-49-52(2)26-30)34(42(47)48)24-39(29)57)51-59(36)31-10-14-53(15-11-31)17-18-54-19-21-55(22-20-54)37-7-3-6-32-41(37)46(64)58(45(32)63)38-8-9-40(61)50-44(38)62/h3,6-7,23-26,31,38,42H,4-5,8-22,27H2,1-2H3,(H,50,61,62). The summed E-state index contributed by atoms with van der Waals surface area (Å²) in [7, 11) is 1.78. The van der Waals surface area contributed by atoms with Crippen molar-refractivity contribution in [1.82, 2.24) is 44.5 Å². The number of fused-ring (bicyclic) bond motifs is 3. The molecule has 0 aliphatic carbocycles. The molecule has 0 bridgehead atoms. The molecule has 0 radical (unpaired) electrons. The molecule has 64 heavy (non-hydrogen) atoms. The van der Waals surface area contributed by atoms with Crippen LogP contribution in [-0.2, 0) is 40.8 Å². The zero-order valence-corrected chi connectivity index (χ0v) is 36.3. The van der Waals surface area contributed by atoms with Crippen LogP contribution in [0.3, 0.4) is 0 Å². The minimum absolute atomic E-state index is 0.00718. The SMILES string of the molecule is CC(=O)N1CCc2c(c(N3CCCc4cc(-c5cnn(C)c5)c(C(F)F)cc43)nn2C2CCN(CCN3CCN(c4cccc5c4C(=O)N(C4CCC(=O)NC4=O)C5=O)CC3)CC2)C1. The van der Waals surface area contributed by atoms with Crippen molar-refractivity contribution >= 4 is 46.7 Å². The highest BCUT2D eigenvalue weighted by molar-refractivity contribution is 6.25. The monoisotopic (exact) mass is 877 g/mol. The van der Waals surface area contributed by atoms with E-state index in [4.69, 9.17) is 5.10 Å². The average Bonchev–Trinajstić information content (AvgIpc) is 3.98. The first kappa shape index (κ1) is 42.0. The minimum Gasteiger partial charge on any atom is -0.368 e. The Bertz CT molecular complexity index is 2540. The second-order valence-corrected chi connectivity index (χ2v) is 18.0. The number of hydrogen-bond acceptors (Lipinski definition) is 11. The largest absolute Gasteiger partial charge is 0.368 e. The number of benzene rings is 2. The Labute approximate surface area is 369 Å². The van der Waals surface area contributed by atoms with Crippen LogP contribution in [0.1, 0.15) is 94.6 Å². The van der Waals surface area contributed by atoms with Crippen molar-refractivity contribution in [2.45, 2.75) is 76.9 Å². The van der Waals surface area contributed by atoms with Gasteiger partial charge in [0.1, 0.15) is 6.04 Å². The van der Waals surface area contributed by atoms with Gasteiger partial charge in [-0.2, -0.15) is 10.2 Å². The highest BCUT2D eigenvalue weighted by Crippen LogP contribution is 2.44. The topological polar surface area (TPSA) is 152 Å². The van der Waals surface area contributed by atoms with Crippen LogP contribution in [0.25, 0.3) is 11.1 Å². The molecule has 8 heterocycles. The lowest BCUT2D eigenvalue weighted by molar-refractivity contribution is -0.136. The lowest BCUT2D eigenvalue weighted by Gasteiger charge is -2.38. The molecule has 1 atom stereocenters. The number of aromatic nitrogens is 4. The van der Waals surface area contributed by atoms with Crippen LogP contribution in [0.2, 0.25) is 0 Å². The number of hydrogen-bond donors (Lipinski definition) is 1. The smallest absolute Gasteiger partial charge is 0.264 e. The van der Waals surface area contributed by atoms with Gasteiger partial charge in [0.25, 0.3) is 18.2 Å². The molecule has 1 N–H and O–H groups in total. The maximum absolute atomic E-state index is 14.7. The quantitative estimate of drug-likeness (QED) is 0.243. The summed E-state index contributed by atoms with van der Waals surface area (Å²) in [6.07, 6.45) is 5.05. The molecule has 6 aliphatic rings. The predicted octanol–water partition coefficient (Wildman–Crippen LogP) is 4.07. The molecule has 0 spiro atoms. The first-order chi connectivity index (χ1) is 30.9. The van der Waals surface area contributed by atoms with Gasteiger partial charge in [0.2, 0.25) is 17.7 Å². The number of anilines is 3. The Hall–Kier alpha value is -6.01. The number of imide groups is 2. The predicted molar refractivity (Wildman–Crippen MR) is 232 cm³/mol. The van der Waals surface area contributed by atoms with E-state index >= 15 is 0 Å². The van der Waals surface area contributed by atoms with E-state index in [9.17, 15) is 32.8 Å². The molecular weight excluding hydrogens is 825 g/mol. The molecule has 6 aliphatic heterocycles. The fraction of sp³-hybridized carbons (Fsp3) is 0.500. The van der Waals surface area contributed by atoms with Gasteiger partial charge in [-0.05, 0) is 67.5 Å². The van der Waals surface area contributed by atoms with Crippen LogP contribution in [0.4, 0.5) is 26.0 Å². The molecule has 3 fully saturated rings. The van der Waals surface area contributed by atoms with Gasteiger partial charge in [0, 0.05) is 127 Å². The summed E-state index contributed by atoms with van der Waals surface area (Å²) >= 11 is 0. The molecule has 2 aromatic carbocycles. The molecule has 4 aromatic rings. The number of piperidine rings is 2. The first-order valence-electron chi connectivity index (χ1n) is 22.5. The number of carbonyl (C=O) groups excluding carboxylic acids is 5. The van der Waals surface area contributed by atoms with Gasteiger partial charge in [0.05, 0.1) is 35.6 Å². The first-order valence-corrected chi connectivity index (χ1v) is 22.5. The van der Waals surface area contributed by atoms with Crippen LogP contribution in [0, 0.1) is 0 Å². The number of halogens is 2. The number of rotatable bonds is 9. The Kier molecular flexibility index (Phi) is 11.0. The number of nitrogens with one attached hydrogen (secondary N) is 1. The summed E-state index contributed by atoms with van der Waals surface area (Å²) in [5.41, 5.74) is 6.35. The Morgan fingerprint density at radius 2 is 1.62 bits per heavy atom. The van der Waals surface area contributed by atoms with E-state index < -0.39 is 36.1 Å². The minimum atomic E-state index is -2.67. The average molecular weight is 878 g/mol. The second-order valence-electron chi connectivity index (χ2n) is 18.0. The number of carbonyl (C=O) groups is 5. The van der Waals surface area contributed by atoms with Crippen molar-refractivity contribution < 1.29 is 32.8 Å². The van der Waals surface area contributed by atoms with Gasteiger partial charge in [-0.25, -0.2) is 8.78 Å². The van der Waals surface area contributed by atoms with Crippen LogP contribution in [0.15, 0.2) is 42.7 Å². The Morgan fingerprint density at radius 1 is 0.859 bits per heavy atom. The van der Waals surface area contributed by atoms with E-state index in [0.29, 0.717) is 67.1 Å². The van der Waals surface area contributed by atoms with E-state index in [1.807, 2.05) is 17.0 Å². The van der Waals surface area contributed by atoms with Crippen molar-refractivity contribution in [2.24, 2.45) is 7.05 Å². The number of likely N-dealkylation sites (tertiary alicyclic amines) is 1. The second kappa shape index (κ2) is 16.8. The molecule has 0 saturated carbocycles. The molecule has 18 heteroatoms. The molecule has 1 unspecified atom stereocenters. The highest BCUT2D eigenvalue weighted by Gasteiger charge is 2.46. The summed E-state index contributed by atoms with van der Waals surface area (Å²) < 4.78 is 33.3. The summed E-state index contributed by atoms with van der Waals surface area (Å²) in [6.45, 7) is 9.87. The maximum Gasteiger partial charge on any atom is 0.264 e. The van der Waals surface area contributed by atoms with Crippen LogP contribution in [0.5, 0.6) is 0 Å². The Morgan fingerprint density at radius 3 is 2.33 bits per heavy atom. The van der Waals surface area contributed by atoms with E-state index in [2.05, 4.69) is 34.7 Å². The zero-order valence-electron chi connectivity index (χ0n) is 36.3. The van der Waals surface area contributed by atoms with Gasteiger partial charge in [0.15, 0.2) is 5.82 Å². The van der Waals surface area contributed by atoms with Crippen LogP contribution in [-0.4, -0.2) is 140 Å². The Balaban J connectivity index is 0.794. The number of nitrogens with zero attached hydrogens (tertiary/aromatic N) is 10. The number of piperazine rings is 1. The number of amides is 5. The zero-order chi connectivity index (χ0) is 44.4. The maximum atomic E-state index is 14.7. The summed E-state index contributed by atoms with van der Waals surface area (Å²) in [5, 5.41) is 11.8. The van der Waals surface area contributed by atoms with E-state index in [-0.39, 0.29) is 30.4 Å². The number of alkyl halides is 2. The molecule has 5 amide bonds. The van der Waals surface area contributed by atoms with Gasteiger partial charge in [-0.3, -0.25) is 48.5 Å². The van der Waals surface area contributed by atoms with Crippen molar-refractivity contribution in [1.29, 1.82) is 0 Å². The van der Waals surface area contributed by atoms with Crippen molar-refractivity contribution in [3.63, 3.8) is 0 Å². The fourth-order valence-corrected chi connectivity index (χ4v) is 10.7. The highest BCUT2D eigenvalue weighted by atomic mass is 19.3. The van der Waals surface area contributed by atoms with Crippen molar-refractivity contribution in [2.75, 3.05) is 75.2 Å². The summed E-state index contributed by atoms with van der Waals surface area (Å²) in [4.78, 5) is 76.2. The molecular formula is C46H53F2N11O5. The molecule has 3 saturated heterocycles.